The first-order valence-electron chi connectivity index (χ1n) is 11.0. The maximum Gasteiger partial charge on any atom is 0.191 e. The highest BCUT2D eigenvalue weighted by Gasteiger charge is 2.17. The topological polar surface area (TPSA) is 73.0 Å². The van der Waals surface area contributed by atoms with E-state index in [1.807, 2.05) is 18.2 Å². The van der Waals surface area contributed by atoms with Gasteiger partial charge < -0.3 is 20.2 Å². The number of nitrogens with one attached hydrogen (secondary N) is 2. The van der Waals surface area contributed by atoms with E-state index in [1.54, 1.807) is 7.05 Å². The largest absolute Gasteiger partial charge is 0.459 e. The van der Waals surface area contributed by atoms with Crippen LogP contribution >= 0.6 is 0 Å². The molecule has 2 heterocycles. The van der Waals surface area contributed by atoms with Crippen LogP contribution in [-0.2, 0) is 13.1 Å². The molecule has 31 heavy (non-hydrogen) atoms. The summed E-state index contributed by atoms with van der Waals surface area (Å²) in [4.78, 5) is 6.76. The number of aliphatic hydroxyl groups is 1. The average molecular weight is 421 g/mol. The predicted molar refractivity (Wildman–Crippen MR) is 125 cm³/mol. The lowest BCUT2D eigenvalue weighted by Crippen LogP contribution is -2.38. The SMILES string of the molecule is CN=C(NCc1ccc(CN2CCC(O)CC2)cc1)NC(C)c1cc2ccccc2o1. The highest BCUT2D eigenvalue weighted by atomic mass is 16.3. The van der Waals surface area contributed by atoms with Crippen LogP contribution in [0.3, 0.4) is 0 Å². The summed E-state index contributed by atoms with van der Waals surface area (Å²) in [5.74, 6) is 1.63. The van der Waals surface area contributed by atoms with Crippen LogP contribution in [0.5, 0.6) is 0 Å². The Bertz CT molecular complexity index is 971. The molecule has 1 aliphatic rings. The van der Waals surface area contributed by atoms with E-state index in [0.717, 1.165) is 55.2 Å². The summed E-state index contributed by atoms with van der Waals surface area (Å²) in [6.45, 7) is 5.64. The lowest BCUT2D eigenvalue weighted by Gasteiger charge is -2.29. The number of guanidine groups is 1. The summed E-state index contributed by atoms with van der Waals surface area (Å²) in [6, 6.07) is 18.8. The maximum atomic E-state index is 9.65. The van der Waals surface area contributed by atoms with Crippen LogP contribution < -0.4 is 10.6 Å². The molecule has 1 atom stereocenters. The van der Waals surface area contributed by atoms with Gasteiger partial charge in [0.1, 0.15) is 11.3 Å². The number of furan rings is 1. The van der Waals surface area contributed by atoms with Gasteiger partial charge in [0, 0.05) is 38.6 Å². The molecule has 164 valence electrons. The van der Waals surface area contributed by atoms with Crippen LogP contribution in [-0.4, -0.2) is 42.2 Å². The molecule has 1 saturated heterocycles. The summed E-state index contributed by atoms with van der Waals surface area (Å²) in [7, 11) is 1.78. The van der Waals surface area contributed by atoms with Gasteiger partial charge in [0.2, 0.25) is 0 Å². The van der Waals surface area contributed by atoms with E-state index >= 15 is 0 Å². The second-order valence-corrected chi connectivity index (χ2v) is 8.30. The molecule has 1 fully saturated rings. The molecule has 0 bridgehead atoms. The fraction of sp³-hybridized carbons (Fsp3) is 0.400. The second-order valence-electron chi connectivity index (χ2n) is 8.30. The lowest BCUT2D eigenvalue weighted by molar-refractivity contribution is 0.0792. The number of nitrogens with zero attached hydrogens (tertiary/aromatic N) is 2. The van der Waals surface area contributed by atoms with Crippen LogP contribution in [0, 0.1) is 0 Å². The third-order valence-electron chi connectivity index (χ3n) is 5.89. The molecule has 1 aliphatic heterocycles. The van der Waals surface area contributed by atoms with Crippen LogP contribution in [0.25, 0.3) is 11.0 Å². The summed E-state index contributed by atoms with van der Waals surface area (Å²) in [5.41, 5.74) is 3.41. The Labute approximate surface area is 184 Å². The van der Waals surface area contributed by atoms with Gasteiger partial charge in [0.05, 0.1) is 12.1 Å². The van der Waals surface area contributed by atoms with Gasteiger partial charge in [0.25, 0.3) is 0 Å². The third-order valence-corrected chi connectivity index (χ3v) is 5.89. The van der Waals surface area contributed by atoms with E-state index in [0.29, 0.717) is 6.54 Å². The Kier molecular flexibility index (Phi) is 6.89. The van der Waals surface area contributed by atoms with Gasteiger partial charge >= 0.3 is 0 Å². The number of hydrogen-bond donors (Lipinski definition) is 3. The Balaban J connectivity index is 1.28. The van der Waals surface area contributed by atoms with Crippen molar-refractivity contribution in [3.63, 3.8) is 0 Å². The summed E-state index contributed by atoms with van der Waals surface area (Å²) in [6.07, 6.45) is 1.63. The first-order valence-corrected chi connectivity index (χ1v) is 11.0. The van der Waals surface area contributed by atoms with Crippen LogP contribution in [0.2, 0.25) is 0 Å². The molecule has 0 amide bonds. The zero-order valence-corrected chi connectivity index (χ0v) is 18.3. The number of benzene rings is 2. The number of likely N-dealkylation sites (tertiary alicyclic amines) is 1. The molecule has 1 unspecified atom stereocenters. The molecular formula is C25H32N4O2. The standard InChI is InChI=1S/C25H32N4O2/c1-18(24-15-21-5-3-4-6-23(21)31-24)28-25(26-2)27-16-19-7-9-20(10-8-19)17-29-13-11-22(30)12-14-29/h3-10,15,18,22,30H,11-14,16-17H2,1-2H3,(H2,26,27,28). The monoisotopic (exact) mass is 420 g/mol. The molecule has 0 saturated carbocycles. The van der Waals surface area contributed by atoms with Crippen molar-refractivity contribution in [2.24, 2.45) is 4.99 Å². The van der Waals surface area contributed by atoms with Crippen molar-refractivity contribution < 1.29 is 9.52 Å². The van der Waals surface area contributed by atoms with Gasteiger partial charge in [-0.05, 0) is 43.0 Å². The number of aliphatic imine (C=N–C) groups is 1. The Morgan fingerprint density at radius 3 is 2.55 bits per heavy atom. The number of aliphatic hydroxyl groups excluding tert-OH is 1. The minimum Gasteiger partial charge on any atom is -0.459 e. The van der Waals surface area contributed by atoms with Gasteiger partial charge in [-0.25, -0.2) is 0 Å². The first-order chi connectivity index (χ1) is 15.1. The molecule has 3 N–H and O–H groups in total. The van der Waals surface area contributed by atoms with Crippen molar-refractivity contribution in [1.29, 1.82) is 0 Å². The van der Waals surface area contributed by atoms with Crippen molar-refractivity contribution in [2.45, 2.75) is 45.0 Å². The molecule has 0 spiro atoms. The molecule has 1 aromatic heterocycles. The third kappa shape index (κ3) is 5.66. The summed E-state index contributed by atoms with van der Waals surface area (Å²) < 4.78 is 5.96. The number of hydrogen-bond acceptors (Lipinski definition) is 4. The number of piperidine rings is 1. The van der Waals surface area contributed by atoms with Gasteiger partial charge in [-0.15, -0.1) is 0 Å². The molecular weight excluding hydrogens is 388 g/mol. The van der Waals surface area contributed by atoms with E-state index in [2.05, 4.69) is 63.8 Å². The fourth-order valence-electron chi connectivity index (χ4n) is 3.97. The smallest absolute Gasteiger partial charge is 0.191 e. The molecule has 0 radical (unpaired) electrons. The zero-order chi connectivity index (χ0) is 21.6. The summed E-state index contributed by atoms with van der Waals surface area (Å²) >= 11 is 0. The molecule has 0 aliphatic carbocycles. The van der Waals surface area contributed by atoms with E-state index in [9.17, 15) is 5.11 Å². The highest BCUT2D eigenvalue weighted by molar-refractivity contribution is 5.81. The van der Waals surface area contributed by atoms with Gasteiger partial charge in [0.15, 0.2) is 5.96 Å². The summed E-state index contributed by atoms with van der Waals surface area (Å²) in [5, 5.41) is 17.5. The van der Waals surface area contributed by atoms with Crippen molar-refractivity contribution in [1.82, 2.24) is 15.5 Å². The van der Waals surface area contributed by atoms with Crippen LogP contribution in [0.4, 0.5) is 0 Å². The normalized spacial score (nSPS) is 17.1. The minimum atomic E-state index is -0.123. The van der Waals surface area contributed by atoms with Crippen molar-refractivity contribution in [3.05, 3.63) is 71.5 Å². The second kappa shape index (κ2) is 9.98. The van der Waals surface area contributed by atoms with E-state index in [4.69, 9.17) is 4.42 Å². The number of para-hydroxylation sites is 1. The molecule has 6 heteroatoms. The van der Waals surface area contributed by atoms with Gasteiger partial charge in [-0.1, -0.05) is 42.5 Å². The van der Waals surface area contributed by atoms with Gasteiger partial charge in [-0.2, -0.15) is 0 Å². The van der Waals surface area contributed by atoms with E-state index in [1.165, 1.54) is 11.1 Å². The van der Waals surface area contributed by atoms with Crippen molar-refractivity contribution >= 4 is 16.9 Å². The Morgan fingerprint density at radius 2 is 1.84 bits per heavy atom. The minimum absolute atomic E-state index is 0.00374. The highest BCUT2D eigenvalue weighted by Crippen LogP contribution is 2.23. The molecule has 4 rings (SSSR count). The van der Waals surface area contributed by atoms with Crippen LogP contribution in [0.1, 0.15) is 42.7 Å². The molecule has 3 aromatic rings. The predicted octanol–water partition coefficient (Wildman–Crippen LogP) is 3.82. The van der Waals surface area contributed by atoms with Crippen molar-refractivity contribution in [3.8, 4) is 0 Å². The quantitative estimate of drug-likeness (QED) is 0.418. The lowest BCUT2D eigenvalue weighted by atomic mass is 10.1. The molecule has 2 aromatic carbocycles. The van der Waals surface area contributed by atoms with Gasteiger partial charge in [-0.3, -0.25) is 9.89 Å². The van der Waals surface area contributed by atoms with Crippen molar-refractivity contribution in [2.75, 3.05) is 20.1 Å². The van der Waals surface area contributed by atoms with Crippen LogP contribution in [0.15, 0.2) is 64.0 Å². The first kappa shape index (κ1) is 21.4. The number of fused-ring (bicyclic) bond motifs is 1. The van der Waals surface area contributed by atoms with E-state index in [-0.39, 0.29) is 12.1 Å². The maximum absolute atomic E-state index is 9.65. The average Bonchev–Trinajstić information content (AvgIpc) is 3.23. The Morgan fingerprint density at radius 1 is 1.13 bits per heavy atom. The molecule has 6 nitrogen and oxygen atoms in total. The zero-order valence-electron chi connectivity index (χ0n) is 18.3. The Hall–Kier alpha value is -2.83. The van der Waals surface area contributed by atoms with E-state index < -0.39 is 0 Å². The fourth-order valence-corrected chi connectivity index (χ4v) is 3.97. The number of rotatable bonds is 6.